The van der Waals surface area contributed by atoms with Gasteiger partial charge in [-0.3, -0.25) is 4.79 Å². The zero-order chi connectivity index (χ0) is 24.9. The van der Waals surface area contributed by atoms with Gasteiger partial charge in [0.2, 0.25) is 5.89 Å². The number of sulfone groups is 1. The van der Waals surface area contributed by atoms with Gasteiger partial charge < -0.3 is 19.5 Å². The van der Waals surface area contributed by atoms with Crippen molar-refractivity contribution in [3.8, 4) is 22.6 Å². The molecule has 4 rings (SSSR count). The summed E-state index contributed by atoms with van der Waals surface area (Å²) in [5.74, 6) is 0.591. The molecule has 0 amide bonds. The highest BCUT2D eigenvalue weighted by Gasteiger charge is 2.21. The standard InChI is InChI=1S/C23H26N2O4S.C2H4O2/c1-16-22(12-14-25-13-11-20(26)15-25)24-23(29-16)19-5-3-17(4-6-19)18-7-9-21(10-8-18)30(2,27)28;1-2(3)4/h3-10,20,26H,11-15H2,1-2H3;1H3,(H,3,4)/t20-;/m0./s1. The predicted octanol–water partition coefficient (Wildman–Crippen LogP) is 3.42. The molecule has 0 spiro atoms. The number of aryl methyl sites for hydroxylation is 1. The highest BCUT2D eigenvalue weighted by atomic mass is 32.2. The van der Waals surface area contributed by atoms with Gasteiger partial charge in [-0.1, -0.05) is 24.3 Å². The first-order chi connectivity index (χ1) is 16.0. The number of hydrogen-bond acceptors (Lipinski definition) is 7. The number of nitrogens with zero attached hydrogens (tertiary/aromatic N) is 2. The number of β-amino-alcohol motifs (C(OH)–C–C–N with tert-alkyl or cyclic N) is 1. The van der Waals surface area contributed by atoms with E-state index in [9.17, 15) is 13.5 Å². The second-order valence-corrected chi connectivity index (χ2v) is 10.4. The number of aliphatic hydroxyl groups is 1. The summed E-state index contributed by atoms with van der Waals surface area (Å²) < 4.78 is 29.1. The van der Waals surface area contributed by atoms with Crippen LogP contribution >= 0.6 is 0 Å². The molecule has 1 aromatic heterocycles. The number of carboxylic acids is 1. The molecule has 1 fully saturated rings. The third-order valence-electron chi connectivity index (χ3n) is 5.55. The van der Waals surface area contributed by atoms with E-state index in [-0.39, 0.29) is 6.10 Å². The first-order valence-corrected chi connectivity index (χ1v) is 12.9. The molecular weight excluding hydrogens is 456 g/mol. The number of hydrogen-bond donors (Lipinski definition) is 2. The van der Waals surface area contributed by atoms with Crippen molar-refractivity contribution in [1.29, 1.82) is 0 Å². The van der Waals surface area contributed by atoms with Crippen molar-refractivity contribution in [3.05, 3.63) is 60.0 Å². The molecule has 9 heteroatoms. The Morgan fingerprint density at radius 2 is 1.62 bits per heavy atom. The number of aromatic nitrogens is 1. The molecule has 2 N–H and O–H groups in total. The van der Waals surface area contributed by atoms with Gasteiger partial charge in [-0.05, 0) is 48.7 Å². The molecule has 0 bridgehead atoms. The Kier molecular flexibility index (Phi) is 8.24. The molecule has 0 radical (unpaired) electrons. The van der Waals surface area contributed by atoms with Crippen molar-refractivity contribution in [2.75, 3.05) is 25.9 Å². The lowest BCUT2D eigenvalue weighted by Gasteiger charge is -2.13. The van der Waals surface area contributed by atoms with Crippen LogP contribution in [0.25, 0.3) is 22.6 Å². The summed E-state index contributed by atoms with van der Waals surface area (Å²) >= 11 is 0. The Labute approximate surface area is 199 Å². The molecule has 2 aromatic carbocycles. The lowest BCUT2D eigenvalue weighted by molar-refractivity contribution is -0.134. The largest absolute Gasteiger partial charge is 0.481 e. The maximum absolute atomic E-state index is 11.6. The zero-order valence-electron chi connectivity index (χ0n) is 19.6. The van der Waals surface area contributed by atoms with Crippen LogP contribution < -0.4 is 0 Å². The molecule has 0 aliphatic carbocycles. The third kappa shape index (κ3) is 6.99. The first-order valence-electron chi connectivity index (χ1n) is 11.0. The van der Waals surface area contributed by atoms with E-state index >= 15 is 0 Å². The molecule has 1 saturated heterocycles. The van der Waals surface area contributed by atoms with Crippen molar-refractivity contribution in [2.24, 2.45) is 0 Å². The van der Waals surface area contributed by atoms with E-state index in [1.54, 1.807) is 12.1 Å². The van der Waals surface area contributed by atoms with Gasteiger partial charge in [0.15, 0.2) is 9.84 Å². The van der Waals surface area contributed by atoms with Gasteiger partial charge in [0.05, 0.1) is 16.7 Å². The number of aliphatic hydroxyl groups excluding tert-OH is 1. The minimum atomic E-state index is -3.20. The SMILES string of the molecule is CC(=O)O.Cc1oc(-c2ccc(-c3ccc(S(C)(=O)=O)cc3)cc2)nc1CCN1CC[C@H](O)C1. The molecule has 1 aliphatic rings. The van der Waals surface area contributed by atoms with E-state index in [2.05, 4.69) is 9.88 Å². The van der Waals surface area contributed by atoms with Crippen LogP contribution in [0.15, 0.2) is 57.8 Å². The summed E-state index contributed by atoms with van der Waals surface area (Å²) in [6.45, 7) is 5.54. The normalized spacial score (nSPS) is 16.2. The molecule has 182 valence electrons. The van der Waals surface area contributed by atoms with Crippen LogP contribution in [0.2, 0.25) is 0 Å². The van der Waals surface area contributed by atoms with Gasteiger partial charge in [-0.15, -0.1) is 0 Å². The molecule has 0 unspecified atom stereocenters. The Hall–Kier alpha value is -3.01. The Balaban J connectivity index is 0.000000751. The van der Waals surface area contributed by atoms with Crippen LogP contribution in [-0.2, 0) is 21.1 Å². The van der Waals surface area contributed by atoms with Crippen molar-refractivity contribution >= 4 is 15.8 Å². The average molecular weight is 487 g/mol. The molecule has 3 aromatic rings. The number of carbonyl (C=O) groups is 1. The van der Waals surface area contributed by atoms with Gasteiger partial charge in [0, 0.05) is 44.8 Å². The summed E-state index contributed by atoms with van der Waals surface area (Å²) in [6, 6.07) is 14.8. The second kappa shape index (κ2) is 10.9. The van der Waals surface area contributed by atoms with Crippen LogP contribution in [0.1, 0.15) is 24.8 Å². The zero-order valence-corrected chi connectivity index (χ0v) is 20.4. The van der Waals surface area contributed by atoms with Gasteiger partial charge >= 0.3 is 0 Å². The van der Waals surface area contributed by atoms with E-state index in [1.807, 2.05) is 43.3 Å². The van der Waals surface area contributed by atoms with Crippen LogP contribution in [-0.4, -0.2) is 66.5 Å². The quantitative estimate of drug-likeness (QED) is 0.544. The number of benzene rings is 2. The first kappa shape index (κ1) is 25.6. The lowest BCUT2D eigenvalue weighted by Crippen LogP contribution is -2.24. The van der Waals surface area contributed by atoms with Crippen LogP contribution in [0, 0.1) is 6.92 Å². The monoisotopic (exact) mass is 486 g/mol. The molecular formula is C25H30N2O6S. The van der Waals surface area contributed by atoms with Crippen molar-refractivity contribution in [1.82, 2.24) is 9.88 Å². The number of oxazole rings is 1. The molecule has 34 heavy (non-hydrogen) atoms. The second-order valence-electron chi connectivity index (χ2n) is 8.41. The average Bonchev–Trinajstić information content (AvgIpc) is 3.36. The highest BCUT2D eigenvalue weighted by Crippen LogP contribution is 2.27. The summed E-state index contributed by atoms with van der Waals surface area (Å²) in [5.41, 5.74) is 3.80. The van der Waals surface area contributed by atoms with Crippen molar-refractivity contribution in [3.63, 3.8) is 0 Å². The highest BCUT2D eigenvalue weighted by molar-refractivity contribution is 7.90. The molecule has 1 aliphatic heterocycles. The summed E-state index contributed by atoms with van der Waals surface area (Å²) in [5, 5.41) is 17.1. The Morgan fingerprint density at radius 3 is 2.12 bits per heavy atom. The van der Waals surface area contributed by atoms with E-state index < -0.39 is 15.8 Å². The molecule has 2 heterocycles. The molecule has 0 saturated carbocycles. The van der Waals surface area contributed by atoms with E-state index in [0.29, 0.717) is 10.8 Å². The maximum atomic E-state index is 11.6. The van der Waals surface area contributed by atoms with Crippen molar-refractivity contribution < 1.29 is 27.8 Å². The summed E-state index contributed by atoms with van der Waals surface area (Å²) in [6.07, 6.45) is 2.64. The summed E-state index contributed by atoms with van der Waals surface area (Å²) in [7, 11) is -3.20. The van der Waals surface area contributed by atoms with Gasteiger partial charge in [-0.25, -0.2) is 13.4 Å². The Bertz CT molecular complexity index is 1210. The number of rotatable bonds is 6. The third-order valence-corrected chi connectivity index (χ3v) is 6.68. The van der Waals surface area contributed by atoms with Crippen LogP contribution in [0.4, 0.5) is 0 Å². The van der Waals surface area contributed by atoms with Crippen molar-refractivity contribution in [2.45, 2.75) is 37.7 Å². The fourth-order valence-corrected chi connectivity index (χ4v) is 4.39. The fraction of sp³-hybridized carbons (Fsp3) is 0.360. The number of aliphatic carboxylic acids is 1. The molecule has 1 atom stereocenters. The predicted molar refractivity (Wildman–Crippen MR) is 129 cm³/mol. The molecule has 8 nitrogen and oxygen atoms in total. The smallest absolute Gasteiger partial charge is 0.300 e. The van der Waals surface area contributed by atoms with Gasteiger partial charge in [0.25, 0.3) is 5.97 Å². The fourth-order valence-electron chi connectivity index (χ4n) is 3.76. The minimum absolute atomic E-state index is 0.208. The van der Waals surface area contributed by atoms with E-state index in [1.165, 1.54) is 6.26 Å². The minimum Gasteiger partial charge on any atom is -0.481 e. The number of likely N-dealkylation sites (tertiary alicyclic amines) is 1. The Morgan fingerprint density at radius 1 is 1.09 bits per heavy atom. The summed E-state index contributed by atoms with van der Waals surface area (Å²) in [4.78, 5) is 16.2. The number of carboxylic acid groups (broad SMARTS) is 1. The van der Waals surface area contributed by atoms with E-state index in [4.69, 9.17) is 14.3 Å². The lowest BCUT2D eigenvalue weighted by atomic mass is 10.0. The maximum Gasteiger partial charge on any atom is 0.300 e. The van der Waals surface area contributed by atoms with Crippen LogP contribution in [0.5, 0.6) is 0 Å². The van der Waals surface area contributed by atoms with Gasteiger partial charge in [0.1, 0.15) is 5.76 Å². The van der Waals surface area contributed by atoms with Crippen LogP contribution in [0.3, 0.4) is 0 Å². The van der Waals surface area contributed by atoms with E-state index in [0.717, 1.165) is 67.5 Å². The van der Waals surface area contributed by atoms with Gasteiger partial charge in [-0.2, -0.15) is 0 Å². The topological polar surface area (TPSA) is 121 Å².